The molecule has 1 aliphatic rings. The van der Waals surface area contributed by atoms with E-state index in [-0.39, 0.29) is 0 Å². The Kier molecular flexibility index (Phi) is 5.60. The molecule has 4 N–H and O–H groups in total. The van der Waals surface area contributed by atoms with Gasteiger partial charge < -0.3 is 29.9 Å². The van der Waals surface area contributed by atoms with Crippen LogP contribution in [0, 0.1) is 0 Å². The Morgan fingerprint density at radius 1 is 1.12 bits per heavy atom. The van der Waals surface area contributed by atoms with Crippen LogP contribution in [0.3, 0.4) is 0 Å². The van der Waals surface area contributed by atoms with Crippen LogP contribution in [-0.4, -0.2) is 64.3 Å². The van der Waals surface area contributed by atoms with Gasteiger partial charge >= 0.3 is 0 Å². The van der Waals surface area contributed by atoms with Gasteiger partial charge in [0.15, 0.2) is 6.29 Å². The van der Waals surface area contributed by atoms with Gasteiger partial charge in [0.05, 0.1) is 6.61 Å². The third-order valence-electron chi connectivity index (χ3n) is 2.63. The van der Waals surface area contributed by atoms with Gasteiger partial charge in [0.2, 0.25) is 0 Å². The van der Waals surface area contributed by atoms with E-state index in [9.17, 15) is 15.3 Å². The molecule has 0 aromatic carbocycles. The highest BCUT2D eigenvalue weighted by Gasteiger charge is 2.43. The predicted octanol–water partition coefficient (Wildman–Crippen LogP) is -1.40. The summed E-state index contributed by atoms with van der Waals surface area (Å²) in [7, 11) is 0. The highest BCUT2D eigenvalue weighted by atomic mass is 16.7. The summed E-state index contributed by atoms with van der Waals surface area (Å²) >= 11 is 0. The number of ether oxygens (including phenoxy) is 2. The van der Waals surface area contributed by atoms with Crippen LogP contribution in [0.25, 0.3) is 0 Å². The third-order valence-corrected chi connectivity index (χ3v) is 2.63. The topological polar surface area (TPSA) is 99.4 Å². The second-order valence-corrected chi connectivity index (χ2v) is 3.92. The SMILES string of the molecule is CCCCOC1O[C@H](CO)[C@@H](O)[C@H](O)[C@H]1O. The van der Waals surface area contributed by atoms with Crippen LogP contribution in [0.5, 0.6) is 0 Å². The molecule has 0 aromatic rings. The van der Waals surface area contributed by atoms with E-state index in [1.54, 1.807) is 0 Å². The van der Waals surface area contributed by atoms with Crippen LogP contribution in [0.1, 0.15) is 19.8 Å². The summed E-state index contributed by atoms with van der Waals surface area (Å²) in [4.78, 5) is 0. The highest BCUT2D eigenvalue weighted by Crippen LogP contribution is 2.21. The van der Waals surface area contributed by atoms with Gasteiger partial charge in [0.1, 0.15) is 24.4 Å². The Morgan fingerprint density at radius 2 is 1.81 bits per heavy atom. The van der Waals surface area contributed by atoms with Gasteiger partial charge in [-0.05, 0) is 6.42 Å². The number of rotatable bonds is 5. The van der Waals surface area contributed by atoms with Gasteiger partial charge in [-0.3, -0.25) is 0 Å². The first kappa shape index (κ1) is 13.8. The number of aliphatic hydroxyl groups excluding tert-OH is 4. The zero-order valence-electron chi connectivity index (χ0n) is 9.32. The first-order valence-corrected chi connectivity index (χ1v) is 5.54. The fourth-order valence-corrected chi connectivity index (χ4v) is 1.55. The number of unbranched alkanes of at least 4 members (excludes halogenated alkanes) is 1. The van der Waals surface area contributed by atoms with Crippen LogP contribution in [0.4, 0.5) is 0 Å². The fourth-order valence-electron chi connectivity index (χ4n) is 1.55. The standard InChI is InChI=1S/C10H20O6/c1-2-3-4-15-10-9(14)8(13)7(12)6(5-11)16-10/h6-14H,2-5H2,1H3/t6-,7-,8+,9-,10?/m1/s1. The second kappa shape index (κ2) is 6.48. The summed E-state index contributed by atoms with van der Waals surface area (Å²) in [5, 5.41) is 37.5. The molecule has 0 spiro atoms. The molecule has 96 valence electrons. The summed E-state index contributed by atoms with van der Waals surface area (Å²) < 4.78 is 10.4. The van der Waals surface area contributed by atoms with Crippen molar-refractivity contribution >= 4 is 0 Å². The van der Waals surface area contributed by atoms with E-state index in [1.807, 2.05) is 6.92 Å². The predicted molar refractivity (Wildman–Crippen MR) is 54.6 cm³/mol. The minimum atomic E-state index is -1.36. The van der Waals surface area contributed by atoms with E-state index in [1.165, 1.54) is 0 Å². The van der Waals surface area contributed by atoms with E-state index in [0.717, 1.165) is 12.8 Å². The molecule has 5 atom stereocenters. The van der Waals surface area contributed by atoms with Gasteiger partial charge in [0, 0.05) is 6.61 Å². The molecule has 1 aliphatic heterocycles. The number of hydrogen-bond acceptors (Lipinski definition) is 6. The molecule has 0 amide bonds. The molecule has 0 radical (unpaired) electrons. The van der Waals surface area contributed by atoms with Crippen molar-refractivity contribution in [2.24, 2.45) is 0 Å². The molecule has 6 heteroatoms. The largest absolute Gasteiger partial charge is 0.394 e. The first-order chi connectivity index (χ1) is 7.61. The molecule has 1 fully saturated rings. The van der Waals surface area contributed by atoms with Crippen LogP contribution in [0.15, 0.2) is 0 Å². The van der Waals surface area contributed by atoms with E-state index < -0.39 is 37.3 Å². The Bertz CT molecular complexity index is 198. The number of hydrogen-bond donors (Lipinski definition) is 4. The van der Waals surface area contributed by atoms with Crippen molar-refractivity contribution in [2.45, 2.75) is 50.5 Å². The van der Waals surface area contributed by atoms with Gasteiger partial charge in [-0.1, -0.05) is 13.3 Å². The summed E-state index contributed by atoms with van der Waals surface area (Å²) in [5.41, 5.74) is 0. The van der Waals surface area contributed by atoms with Crippen molar-refractivity contribution in [1.29, 1.82) is 0 Å². The van der Waals surface area contributed by atoms with Gasteiger partial charge in [-0.2, -0.15) is 0 Å². The van der Waals surface area contributed by atoms with E-state index in [2.05, 4.69) is 0 Å². The molecule has 0 bridgehead atoms. The fraction of sp³-hybridized carbons (Fsp3) is 1.00. The van der Waals surface area contributed by atoms with Crippen molar-refractivity contribution in [1.82, 2.24) is 0 Å². The Hall–Kier alpha value is -0.240. The second-order valence-electron chi connectivity index (χ2n) is 3.92. The lowest BCUT2D eigenvalue weighted by atomic mass is 9.99. The monoisotopic (exact) mass is 236 g/mol. The molecule has 16 heavy (non-hydrogen) atoms. The quantitative estimate of drug-likeness (QED) is 0.438. The number of aliphatic hydroxyl groups is 4. The smallest absolute Gasteiger partial charge is 0.186 e. The highest BCUT2D eigenvalue weighted by molar-refractivity contribution is 4.88. The molecule has 0 saturated carbocycles. The molecule has 0 aliphatic carbocycles. The van der Waals surface area contributed by atoms with Crippen molar-refractivity contribution in [2.75, 3.05) is 13.2 Å². The van der Waals surface area contributed by atoms with E-state index >= 15 is 0 Å². The molecule has 0 aromatic heterocycles. The lowest BCUT2D eigenvalue weighted by Gasteiger charge is -2.39. The van der Waals surface area contributed by atoms with Crippen molar-refractivity contribution in [3.63, 3.8) is 0 Å². The van der Waals surface area contributed by atoms with E-state index in [4.69, 9.17) is 14.6 Å². The lowest BCUT2D eigenvalue weighted by molar-refractivity contribution is -0.301. The molecule has 1 heterocycles. The van der Waals surface area contributed by atoms with Crippen molar-refractivity contribution in [3.8, 4) is 0 Å². The molecule has 1 rings (SSSR count). The van der Waals surface area contributed by atoms with Crippen molar-refractivity contribution in [3.05, 3.63) is 0 Å². The maximum atomic E-state index is 9.58. The van der Waals surface area contributed by atoms with E-state index in [0.29, 0.717) is 6.61 Å². The first-order valence-electron chi connectivity index (χ1n) is 5.54. The Balaban J connectivity index is 2.50. The van der Waals surface area contributed by atoms with Crippen LogP contribution in [0.2, 0.25) is 0 Å². The maximum Gasteiger partial charge on any atom is 0.186 e. The molecule has 1 unspecified atom stereocenters. The van der Waals surface area contributed by atoms with Crippen molar-refractivity contribution < 1.29 is 29.9 Å². The summed E-state index contributed by atoms with van der Waals surface area (Å²) in [5.74, 6) is 0. The summed E-state index contributed by atoms with van der Waals surface area (Å²) in [6, 6.07) is 0. The Labute approximate surface area is 94.4 Å². The molecule has 1 saturated heterocycles. The lowest BCUT2D eigenvalue weighted by Crippen LogP contribution is -2.59. The summed E-state index contributed by atoms with van der Waals surface area (Å²) in [6.45, 7) is 1.97. The molecular formula is C10H20O6. The van der Waals surface area contributed by atoms with Gasteiger partial charge in [-0.15, -0.1) is 0 Å². The summed E-state index contributed by atoms with van der Waals surface area (Å²) in [6.07, 6.45) is -4.13. The van der Waals surface area contributed by atoms with Crippen LogP contribution < -0.4 is 0 Å². The maximum absolute atomic E-state index is 9.58. The minimum absolute atomic E-state index is 0.402. The van der Waals surface area contributed by atoms with Gasteiger partial charge in [0.25, 0.3) is 0 Å². The minimum Gasteiger partial charge on any atom is -0.394 e. The molecular weight excluding hydrogens is 216 g/mol. The zero-order valence-corrected chi connectivity index (χ0v) is 9.32. The normalized spacial score (nSPS) is 39.9. The van der Waals surface area contributed by atoms with Gasteiger partial charge in [-0.25, -0.2) is 0 Å². The Morgan fingerprint density at radius 3 is 2.38 bits per heavy atom. The zero-order chi connectivity index (χ0) is 12.1. The van der Waals surface area contributed by atoms with Crippen LogP contribution >= 0.6 is 0 Å². The van der Waals surface area contributed by atoms with Crippen LogP contribution in [-0.2, 0) is 9.47 Å². The molecule has 6 nitrogen and oxygen atoms in total. The third kappa shape index (κ3) is 3.13. The average Bonchev–Trinajstić information content (AvgIpc) is 2.29. The average molecular weight is 236 g/mol.